The molecule has 0 atom stereocenters. The van der Waals surface area contributed by atoms with Crippen molar-refractivity contribution < 1.29 is 18.3 Å². The minimum absolute atomic E-state index is 0.298. The minimum Gasteiger partial charge on any atom is -0.380 e. The van der Waals surface area contributed by atoms with E-state index in [1.165, 1.54) is 0 Å². The fourth-order valence-electron chi connectivity index (χ4n) is 1.47. The molecule has 1 aromatic carbocycles. The van der Waals surface area contributed by atoms with Gasteiger partial charge >= 0.3 is 0 Å². The third-order valence-electron chi connectivity index (χ3n) is 2.33. The molecule has 102 valence electrons. The van der Waals surface area contributed by atoms with Crippen LogP contribution < -0.4 is 5.32 Å². The Balaban J connectivity index is 2.11. The summed E-state index contributed by atoms with van der Waals surface area (Å²) in [6.07, 6.45) is -2.39. The molecule has 1 N–H and O–H groups in total. The van der Waals surface area contributed by atoms with Crippen molar-refractivity contribution in [1.82, 2.24) is 5.32 Å². The molecule has 1 aromatic rings. The lowest BCUT2D eigenvalue weighted by Crippen LogP contribution is -2.20. The van der Waals surface area contributed by atoms with Gasteiger partial charge in [-0.25, -0.2) is 8.78 Å². The summed E-state index contributed by atoms with van der Waals surface area (Å²) in [5.41, 5.74) is 2.27. The smallest absolute Gasteiger partial charge is 0.261 e. The standard InChI is InChI=1S/C13H19F2NO2/c1-17-9-12-4-2-11(3-5-12)8-16-6-7-18-10-13(14)15/h2-5,13,16H,6-10H2,1H3. The molecule has 5 heteroatoms. The Morgan fingerprint density at radius 3 is 2.44 bits per heavy atom. The van der Waals surface area contributed by atoms with Crippen molar-refractivity contribution in [3.05, 3.63) is 35.4 Å². The average Bonchev–Trinajstić information content (AvgIpc) is 2.35. The van der Waals surface area contributed by atoms with Crippen molar-refractivity contribution >= 4 is 0 Å². The lowest BCUT2D eigenvalue weighted by Gasteiger charge is -2.07. The van der Waals surface area contributed by atoms with Crippen molar-refractivity contribution in [1.29, 1.82) is 0 Å². The molecule has 18 heavy (non-hydrogen) atoms. The van der Waals surface area contributed by atoms with E-state index < -0.39 is 13.0 Å². The highest BCUT2D eigenvalue weighted by molar-refractivity contribution is 5.21. The van der Waals surface area contributed by atoms with E-state index in [2.05, 4.69) is 5.32 Å². The lowest BCUT2D eigenvalue weighted by molar-refractivity contribution is 0.0187. The van der Waals surface area contributed by atoms with Crippen LogP contribution in [0, 0.1) is 0 Å². The number of rotatable bonds is 9. The molecule has 0 radical (unpaired) electrons. The number of hydrogen-bond acceptors (Lipinski definition) is 3. The molecule has 3 nitrogen and oxygen atoms in total. The molecule has 0 bridgehead atoms. The van der Waals surface area contributed by atoms with Crippen LogP contribution in [0.15, 0.2) is 24.3 Å². The van der Waals surface area contributed by atoms with Crippen LogP contribution in [0.25, 0.3) is 0 Å². The number of nitrogens with one attached hydrogen (secondary N) is 1. The number of benzene rings is 1. The van der Waals surface area contributed by atoms with Crippen LogP contribution in [-0.4, -0.2) is 33.3 Å². The third-order valence-corrected chi connectivity index (χ3v) is 2.33. The Morgan fingerprint density at radius 2 is 1.83 bits per heavy atom. The topological polar surface area (TPSA) is 30.5 Å². The summed E-state index contributed by atoms with van der Waals surface area (Å²) in [6.45, 7) is 1.67. The van der Waals surface area contributed by atoms with E-state index in [0.717, 1.165) is 11.1 Å². The molecule has 1 rings (SSSR count). The maximum Gasteiger partial charge on any atom is 0.261 e. The molecule has 0 spiro atoms. The van der Waals surface area contributed by atoms with Crippen LogP contribution in [0.3, 0.4) is 0 Å². The van der Waals surface area contributed by atoms with Gasteiger partial charge in [-0.1, -0.05) is 24.3 Å². The van der Waals surface area contributed by atoms with Crippen LogP contribution >= 0.6 is 0 Å². The first-order valence-electron chi connectivity index (χ1n) is 5.85. The summed E-state index contributed by atoms with van der Waals surface area (Å²) in [7, 11) is 1.66. The fraction of sp³-hybridized carbons (Fsp3) is 0.538. The van der Waals surface area contributed by atoms with Gasteiger partial charge in [-0.15, -0.1) is 0 Å². The van der Waals surface area contributed by atoms with Crippen molar-refractivity contribution in [2.24, 2.45) is 0 Å². The first-order chi connectivity index (χ1) is 8.72. The highest BCUT2D eigenvalue weighted by Crippen LogP contribution is 2.05. The summed E-state index contributed by atoms with van der Waals surface area (Å²) in [4.78, 5) is 0. The molecule has 0 aromatic heterocycles. The summed E-state index contributed by atoms with van der Waals surface area (Å²) in [6, 6.07) is 8.05. The van der Waals surface area contributed by atoms with Crippen LogP contribution in [0.5, 0.6) is 0 Å². The van der Waals surface area contributed by atoms with E-state index in [1.807, 2.05) is 24.3 Å². The second kappa shape index (κ2) is 8.97. The van der Waals surface area contributed by atoms with Gasteiger partial charge in [0, 0.05) is 20.2 Å². The fourth-order valence-corrected chi connectivity index (χ4v) is 1.47. The van der Waals surface area contributed by atoms with Crippen molar-refractivity contribution in [2.75, 3.05) is 26.9 Å². The minimum atomic E-state index is -2.39. The van der Waals surface area contributed by atoms with Gasteiger partial charge < -0.3 is 14.8 Å². The largest absolute Gasteiger partial charge is 0.380 e. The first-order valence-corrected chi connectivity index (χ1v) is 5.85. The van der Waals surface area contributed by atoms with E-state index in [4.69, 9.17) is 9.47 Å². The van der Waals surface area contributed by atoms with Crippen LogP contribution in [0.1, 0.15) is 11.1 Å². The molecule has 0 unspecified atom stereocenters. The van der Waals surface area contributed by atoms with E-state index in [1.54, 1.807) is 7.11 Å². The molecule has 0 aliphatic heterocycles. The summed E-state index contributed by atoms with van der Waals surface area (Å²) in [5, 5.41) is 3.13. The maximum atomic E-state index is 11.8. The molecule has 0 saturated heterocycles. The van der Waals surface area contributed by atoms with Gasteiger partial charge in [0.2, 0.25) is 0 Å². The molecule has 0 fully saturated rings. The molecule has 0 saturated carbocycles. The second-order valence-corrected chi connectivity index (χ2v) is 3.89. The van der Waals surface area contributed by atoms with Gasteiger partial charge in [-0.3, -0.25) is 0 Å². The second-order valence-electron chi connectivity index (χ2n) is 3.89. The van der Waals surface area contributed by atoms with Crippen LogP contribution in [0.2, 0.25) is 0 Å². The van der Waals surface area contributed by atoms with Crippen LogP contribution in [-0.2, 0) is 22.6 Å². The quantitative estimate of drug-likeness (QED) is 0.690. The Morgan fingerprint density at radius 1 is 1.17 bits per heavy atom. The Hall–Kier alpha value is -1.04. The summed E-state index contributed by atoms with van der Waals surface area (Å²) in [5.74, 6) is 0. The number of alkyl halides is 2. The predicted octanol–water partition coefficient (Wildman–Crippen LogP) is 2.20. The van der Waals surface area contributed by atoms with E-state index in [0.29, 0.717) is 26.3 Å². The monoisotopic (exact) mass is 259 g/mol. The number of halogens is 2. The summed E-state index contributed by atoms with van der Waals surface area (Å²) < 4.78 is 33.3. The zero-order valence-electron chi connectivity index (χ0n) is 10.5. The van der Waals surface area contributed by atoms with Gasteiger partial charge in [0.25, 0.3) is 6.43 Å². The number of hydrogen-bond donors (Lipinski definition) is 1. The Bertz CT molecular complexity index is 317. The van der Waals surface area contributed by atoms with Gasteiger partial charge in [-0.05, 0) is 11.1 Å². The maximum absolute atomic E-state index is 11.8. The van der Waals surface area contributed by atoms with Gasteiger partial charge in [0.1, 0.15) is 6.61 Å². The molecular weight excluding hydrogens is 240 g/mol. The number of methoxy groups -OCH3 is 1. The number of ether oxygens (including phenoxy) is 2. The first kappa shape index (κ1) is 15.0. The SMILES string of the molecule is COCc1ccc(CNCCOCC(F)F)cc1. The molecule has 0 aliphatic carbocycles. The molecule has 0 amide bonds. The Kier molecular flexibility index (Phi) is 7.48. The lowest BCUT2D eigenvalue weighted by atomic mass is 10.1. The van der Waals surface area contributed by atoms with Gasteiger partial charge in [0.05, 0.1) is 13.2 Å². The van der Waals surface area contributed by atoms with Gasteiger partial charge in [-0.2, -0.15) is 0 Å². The zero-order chi connectivity index (χ0) is 13.2. The predicted molar refractivity (Wildman–Crippen MR) is 65.7 cm³/mol. The Labute approximate surface area is 106 Å². The average molecular weight is 259 g/mol. The van der Waals surface area contributed by atoms with Crippen molar-refractivity contribution in [2.45, 2.75) is 19.6 Å². The molecule has 0 heterocycles. The van der Waals surface area contributed by atoms with Crippen molar-refractivity contribution in [3.63, 3.8) is 0 Å². The van der Waals surface area contributed by atoms with Crippen molar-refractivity contribution in [3.8, 4) is 0 Å². The normalized spacial score (nSPS) is 11.1. The third kappa shape index (κ3) is 6.64. The van der Waals surface area contributed by atoms with E-state index >= 15 is 0 Å². The highest BCUT2D eigenvalue weighted by Gasteiger charge is 2.00. The highest BCUT2D eigenvalue weighted by atomic mass is 19.3. The zero-order valence-corrected chi connectivity index (χ0v) is 10.5. The molecule has 0 aliphatic rings. The van der Waals surface area contributed by atoms with Gasteiger partial charge in [0.15, 0.2) is 0 Å². The van der Waals surface area contributed by atoms with E-state index in [-0.39, 0.29) is 0 Å². The summed E-state index contributed by atoms with van der Waals surface area (Å²) >= 11 is 0. The van der Waals surface area contributed by atoms with Crippen LogP contribution in [0.4, 0.5) is 8.78 Å². The molecular formula is C13H19F2NO2. The van der Waals surface area contributed by atoms with E-state index in [9.17, 15) is 8.78 Å².